The van der Waals surface area contributed by atoms with Crippen LogP contribution < -0.4 is 21.3 Å². The van der Waals surface area contributed by atoms with E-state index in [1.54, 1.807) is 6.07 Å². The smallest absolute Gasteiger partial charge is 0.333 e. The Labute approximate surface area is 136 Å². The Morgan fingerprint density at radius 2 is 2.00 bits per heavy atom. The Morgan fingerprint density at radius 3 is 2.70 bits per heavy atom. The molecule has 1 heterocycles. The summed E-state index contributed by atoms with van der Waals surface area (Å²) >= 11 is 0. The van der Waals surface area contributed by atoms with Gasteiger partial charge >= 0.3 is 6.03 Å². The molecule has 1 aromatic heterocycles. The van der Waals surface area contributed by atoms with E-state index >= 15 is 0 Å². The van der Waals surface area contributed by atoms with Gasteiger partial charge in [0, 0.05) is 23.0 Å². The van der Waals surface area contributed by atoms with Gasteiger partial charge in [0.2, 0.25) is 5.88 Å². The summed E-state index contributed by atoms with van der Waals surface area (Å²) in [6.45, 7) is 6.44. The molecule has 0 saturated heterocycles. The minimum absolute atomic E-state index is 0.307. The van der Waals surface area contributed by atoms with Gasteiger partial charge in [0.1, 0.15) is 6.61 Å². The Kier molecular flexibility index (Phi) is 5.54. The lowest BCUT2D eigenvalue weighted by atomic mass is 10.1. The molecule has 122 valence electrons. The number of hydrogen-bond acceptors (Lipinski definition) is 4. The lowest BCUT2D eigenvalue weighted by Gasteiger charge is -2.14. The molecule has 0 aliphatic carbocycles. The number of aryl methyl sites for hydroxylation is 1. The van der Waals surface area contributed by atoms with Crippen LogP contribution in [0.4, 0.5) is 10.5 Å². The average molecular weight is 314 g/mol. The van der Waals surface area contributed by atoms with Gasteiger partial charge in [-0.3, -0.25) is 5.43 Å². The number of hydrogen-bond donors (Lipinski definition) is 3. The number of rotatable bonds is 5. The summed E-state index contributed by atoms with van der Waals surface area (Å²) in [6, 6.07) is 10.9. The SMILES string of the molecule is Cc1cccc(NC(=O)NN)c1COc1cccc(C(C)C)n1. The van der Waals surface area contributed by atoms with Crippen molar-refractivity contribution >= 4 is 11.7 Å². The van der Waals surface area contributed by atoms with Gasteiger partial charge in [-0.2, -0.15) is 0 Å². The quantitative estimate of drug-likeness (QED) is 0.449. The number of carbonyl (C=O) groups excluding carboxylic acids is 1. The molecule has 2 amide bonds. The van der Waals surface area contributed by atoms with Gasteiger partial charge in [-0.25, -0.2) is 15.6 Å². The molecule has 0 fully saturated rings. The summed E-state index contributed by atoms with van der Waals surface area (Å²) in [6.07, 6.45) is 0. The minimum atomic E-state index is -0.475. The first-order valence-electron chi connectivity index (χ1n) is 7.47. The van der Waals surface area contributed by atoms with Gasteiger partial charge in [-0.15, -0.1) is 0 Å². The number of nitrogens with two attached hydrogens (primary N) is 1. The fourth-order valence-corrected chi connectivity index (χ4v) is 2.15. The number of pyridine rings is 1. The summed E-state index contributed by atoms with van der Waals surface area (Å²) in [5.41, 5.74) is 5.59. The van der Waals surface area contributed by atoms with E-state index in [4.69, 9.17) is 10.6 Å². The van der Waals surface area contributed by atoms with Crippen LogP contribution >= 0.6 is 0 Å². The molecule has 0 radical (unpaired) electrons. The van der Waals surface area contributed by atoms with E-state index in [0.717, 1.165) is 16.8 Å². The molecule has 1 aromatic carbocycles. The number of nitrogens with one attached hydrogen (secondary N) is 2. The zero-order valence-electron chi connectivity index (χ0n) is 13.6. The first-order chi connectivity index (χ1) is 11.0. The third-order valence-corrected chi connectivity index (χ3v) is 3.49. The van der Waals surface area contributed by atoms with E-state index in [2.05, 4.69) is 29.6 Å². The van der Waals surface area contributed by atoms with Crippen molar-refractivity contribution in [1.29, 1.82) is 0 Å². The number of hydrazine groups is 1. The Bertz CT molecular complexity index is 686. The van der Waals surface area contributed by atoms with E-state index in [-0.39, 0.29) is 0 Å². The molecule has 6 heteroatoms. The standard InChI is InChI=1S/C17H22N4O2/c1-11(2)14-7-5-9-16(19-14)23-10-13-12(3)6-4-8-15(13)20-17(22)21-18/h4-9,11H,10,18H2,1-3H3,(H2,20,21,22). The third kappa shape index (κ3) is 4.43. The average Bonchev–Trinajstić information content (AvgIpc) is 2.54. The number of ether oxygens (including phenoxy) is 1. The molecular weight excluding hydrogens is 292 g/mol. The number of urea groups is 1. The fourth-order valence-electron chi connectivity index (χ4n) is 2.15. The minimum Gasteiger partial charge on any atom is -0.473 e. The zero-order valence-corrected chi connectivity index (χ0v) is 13.6. The van der Waals surface area contributed by atoms with Crippen molar-refractivity contribution in [3.8, 4) is 5.88 Å². The topological polar surface area (TPSA) is 89.3 Å². The summed E-state index contributed by atoms with van der Waals surface area (Å²) in [5.74, 6) is 6.01. The molecular formula is C17H22N4O2. The summed E-state index contributed by atoms with van der Waals surface area (Å²) in [4.78, 5) is 15.9. The normalized spacial score (nSPS) is 10.5. The van der Waals surface area contributed by atoms with E-state index < -0.39 is 6.03 Å². The van der Waals surface area contributed by atoms with Crippen molar-refractivity contribution in [2.75, 3.05) is 5.32 Å². The molecule has 0 aliphatic heterocycles. The van der Waals surface area contributed by atoms with Crippen molar-refractivity contribution in [2.24, 2.45) is 5.84 Å². The van der Waals surface area contributed by atoms with E-state index in [1.807, 2.05) is 37.3 Å². The molecule has 0 aliphatic rings. The van der Waals surface area contributed by atoms with E-state index in [9.17, 15) is 4.79 Å². The van der Waals surface area contributed by atoms with Gasteiger partial charge in [-0.1, -0.05) is 32.0 Å². The highest BCUT2D eigenvalue weighted by molar-refractivity contribution is 5.89. The van der Waals surface area contributed by atoms with Gasteiger partial charge in [0.05, 0.1) is 0 Å². The molecule has 0 bridgehead atoms. The Balaban J connectivity index is 2.17. The molecule has 0 spiro atoms. The highest BCUT2D eigenvalue weighted by Gasteiger charge is 2.10. The van der Waals surface area contributed by atoms with Crippen LogP contribution in [0.15, 0.2) is 36.4 Å². The third-order valence-electron chi connectivity index (χ3n) is 3.49. The van der Waals surface area contributed by atoms with Crippen LogP contribution in [0, 0.1) is 6.92 Å². The zero-order chi connectivity index (χ0) is 16.8. The largest absolute Gasteiger partial charge is 0.473 e. The summed E-state index contributed by atoms with van der Waals surface area (Å²) < 4.78 is 5.81. The molecule has 0 atom stereocenters. The van der Waals surface area contributed by atoms with Gasteiger partial charge < -0.3 is 10.1 Å². The summed E-state index contributed by atoms with van der Waals surface area (Å²) in [5, 5.41) is 2.69. The van der Waals surface area contributed by atoms with Crippen LogP contribution in [-0.2, 0) is 6.61 Å². The molecule has 2 aromatic rings. The van der Waals surface area contributed by atoms with Crippen LogP contribution in [0.5, 0.6) is 5.88 Å². The maximum atomic E-state index is 11.4. The number of nitrogens with zero attached hydrogens (tertiary/aromatic N) is 1. The summed E-state index contributed by atoms with van der Waals surface area (Å²) in [7, 11) is 0. The second kappa shape index (κ2) is 7.60. The molecule has 6 nitrogen and oxygen atoms in total. The number of benzene rings is 1. The van der Waals surface area contributed by atoms with Gasteiger partial charge in [-0.05, 0) is 30.5 Å². The number of aromatic nitrogens is 1. The van der Waals surface area contributed by atoms with Crippen LogP contribution in [-0.4, -0.2) is 11.0 Å². The van der Waals surface area contributed by atoms with Gasteiger partial charge in [0.15, 0.2) is 0 Å². The van der Waals surface area contributed by atoms with Crippen molar-refractivity contribution in [1.82, 2.24) is 10.4 Å². The molecule has 2 rings (SSSR count). The van der Waals surface area contributed by atoms with Crippen molar-refractivity contribution in [2.45, 2.75) is 33.3 Å². The Hall–Kier alpha value is -2.60. The maximum absolute atomic E-state index is 11.4. The van der Waals surface area contributed by atoms with Gasteiger partial charge in [0.25, 0.3) is 0 Å². The molecule has 23 heavy (non-hydrogen) atoms. The predicted molar refractivity (Wildman–Crippen MR) is 90.2 cm³/mol. The highest BCUT2D eigenvalue weighted by atomic mass is 16.5. The Morgan fingerprint density at radius 1 is 1.26 bits per heavy atom. The number of anilines is 1. The van der Waals surface area contributed by atoms with E-state index in [1.165, 1.54) is 0 Å². The van der Waals surface area contributed by atoms with Crippen LogP contribution in [0.3, 0.4) is 0 Å². The van der Waals surface area contributed by atoms with Crippen LogP contribution in [0.25, 0.3) is 0 Å². The van der Waals surface area contributed by atoms with E-state index in [0.29, 0.717) is 24.1 Å². The maximum Gasteiger partial charge on any atom is 0.333 e. The van der Waals surface area contributed by atoms with Crippen LogP contribution in [0.1, 0.15) is 36.6 Å². The lowest BCUT2D eigenvalue weighted by Crippen LogP contribution is -2.34. The lowest BCUT2D eigenvalue weighted by molar-refractivity contribution is 0.252. The molecule has 0 unspecified atom stereocenters. The second-order valence-electron chi connectivity index (χ2n) is 5.54. The first-order valence-corrected chi connectivity index (χ1v) is 7.47. The molecule has 0 saturated carbocycles. The van der Waals surface area contributed by atoms with Crippen molar-refractivity contribution in [3.63, 3.8) is 0 Å². The monoisotopic (exact) mass is 314 g/mol. The second-order valence-corrected chi connectivity index (χ2v) is 5.54. The van der Waals surface area contributed by atoms with Crippen LogP contribution in [0.2, 0.25) is 0 Å². The first kappa shape index (κ1) is 16.8. The fraction of sp³-hybridized carbons (Fsp3) is 0.294. The molecule has 4 N–H and O–H groups in total. The number of carbonyl (C=O) groups is 1. The van der Waals surface area contributed by atoms with Crippen molar-refractivity contribution in [3.05, 3.63) is 53.2 Å². The van der Waals surface area contributed by atoms with Crippen molar-refractivity contribution < 1.29 is 9.53 Å². The highest BCUT2D eigenvalue weighted by Crippen LogP contribution is 2.22. The predicted octanol–water partition coefficient (Wildman–Crippen LogP) is 3.09. The number of amides is 2.